The van der Waals surface area contributed by atoms with Crippen molar-refractivity contribution in [3.05, 3.63) is 0 Å². The third kappa shape index (κ3) is 6.86. The topological polar surface area (TPSA) is 12.0 Å². The first-order chi connectivity index (χ1) is 9.23. The molecule has 1 unspecified atom stereocenters. The van der Waals surface area contributed by atoms with E-state index in [0.717, 1.165) is 13.0 Å². The van der Waals surface area contributed by atoms with Gasteiger partial charge in [-0.2, -0.15) is 13.2 Å². The van der Waals surface area contributed by atoms with Crippen LogP contribution in [0.3, 0.4) is 0 Å². The van der Waals surface area contributed by atoms with E-state index in [9.17, 15) is 22.0 Å². The molecular formula is C14H24F5N. The first-order valence-electron chi connectivity index (χ1n) is 7.41. The summed E-state index contributed by atoms with van der Waals surface area (Å²) in [5, 5.41) is 3.24. The summed E-state index contributed by atoms with van der Waals surface area (Å²) in [6, 6.07) is -0.0617. The van der Waals surface area contributed by atoms with Gasteiger partial charge in [0.25, 0.3) is 0 Å². The number of hydrogen-bond donors (Lipinski definition) is 1. The van der Waals surface area contributed by atoms with Crippen molar-refractivity contribution >= 4 is 0 Å². The van der Waals surface area contributed by atoms with Crippen molar-refractivity contribution in [1.82, 2.24) is 5.32 Å². The maximum atomic E-state index is 13.1. The SMILES string of the molecule is CCCNC(CCCC(F)(F)F)C1CCC(F)(F)CC1. The molecule has 1 saturated carbocycles. The summed E-state index contributed by atoms with van der Waals surface area (Å²) < 4.78 is 62.8. The van der Waals surface area contributed by atoms with Gasteiger partial charge < -0.3 is 5.32 Å². The fourth-order valence-electron chi connectivity index (χ4n) is 2.82. The van der Waals surface area contributed by atoms with Crippen LogP contribution in [0, 0.1) is 5.92 Å². The van der Waals surface area contributed by atoms with E-state index >= 15 is 0 Å². The summed E-state index contributed by atoms with van der Waals surface area (Å²) in [6.07, 6.45) is -3.02. The molecule has 0 spiro atoms. The quantitative estimate of drug-likeness (QED) is 0.659. The van der Waals surface area contributed by atoms with Crippen molar-refractivity contribution in [1.29, 1.82) is 0 Å². The zero-order valence-corrected chi connectivity index (χ0v) is 11.9. The van der Waals surface area contributed by atoms with Crippen LogP contribution in [0.1, 0.15) is 58.3 Å². The van der Waals surface area contributed by atoms with E-state index in [1.54, 1.807) is 0 Å². The minimum Gasteiger partial charge on any atom is -0.314 e. The van der Waals surface area contributed by atoms with Crippen LogP contribution in [-0.2, 0) is 0 Å². The van der Waals surface area contributed by atoms with Crippen LogP contribution in [0.2, 0.25) is 0 Å². The Bertz CT molecular complexity index is 267. The maximum absolute atomic E-state index is 13.1. The fraction of sp³-hybridized carbons (Fsp3) is 1.00. The molecule has 0 aromatic rings. The van der Waals surface area contributed by atoms with E-state index in [-0.39, 0.29) is 31.2 Å². The second-order valence-corrected chi connectivity index (χ2v) is 5.76. The molecule has 1 rings (SSSR count). The lowest BCUT2D eigenvalue weighted by Gasteiger charge is -2.34. The van der Waals surface area contributed by atoms with Gasteiger partial charge in [0, 0.05) is 25.3 Å². The third-order valence-corrected chi connectivity index (χ3v) is 3.96. The van der Waals surface area contributed by atoms with Crippen LogP contribution >= 0.6 is 0 Å². The summed E-state index contributed by atoms with van der Waals surface area (Å²) in [6.45, 7) is 2.71. The summed E-state index contributed by atoms with van der Waals surface area (Å²) in [5.74, 6) is -2.51. The highest BCUT2D eigenvalue weighted by molar-refractivity contribution is 4.85. The molecule has 20 heavy (non-hydrogen) atoms. The van der Waals surface area contributed by atoms with Crippen molar-refractivity contribution in [2.45, 2.75) is 76.4 Å². The van der Waals surface area contributed by atoms with Gasteiger partial charge in [0.15, 0.2) is 0 Å². The normalized spacial score (nSPS) is 21.9. The van der Waals surface area contributed by atoms with Gasteiger partial charge >= 0.3 is 6.18 Å². The van der Waals surface area contributed by atoms with Gasteiger partial charge in [-0.3, -0.25) is 0 Å². The Kier molecular flexibility index (Phi) is 6.69. The number of rotatable bonds is 7. The molecule has 0 radical (unpaired) electrons. The molecule has 0 bridgehead atoms. The number of hydrogen-bond acceptors (Lipinski definition) is 1. The maximum Gasteiger partial charge on any atom is 0.389 e. The molecule has 1 N–H and O–H groups in total. The van der Waals surface area contributed by atoms with Gasteiger partial charge in [-0.05, 0) is 44.6 Å². The Morgan fingerprint density at radius 1 is 1.20 bits per heavy atom. The monoisotopic (exact) mass is 301 g/mol. The highest BCUT2D eigenvalue weighted by atomic mass is 19.4. The average molecular weight is 301 g/mol. The first kappa shape index (κ1) is 17.7. The molecule has 1 nitrogen and oxygen atoms in total. The smallest absolute Gasteiger partial charge is 0.314 e. The Labute approximate surface area is 117 Å². The number of alkyl halides is 5. The highest BCUT2D eigenvalue weighted by Crippen LogP contribution is 2.38. The minimum atomic E-state index is -4.13. The highest BCUT2D eigenvalue weighted by Gasteiger charge is 2.37. The van der Waals surface area contributed by atoms with Crippen molar-refractivity contribution in [3.8, 4) is 0 Å². The van der Waals surface area contributed by atoms with E-state index in [4.69, 9.17) is 0 Å². The molecule has 0 heterocycles. The summed E-state index contributed by atoms with van der Waals surface area (Å²) in [7, 11) is 0. The molecular weight excluding hydrogens is 277 g/mol. The Morgan fingerprint density at radius 3 is 2.30 bits per heavy atom. The zero-order chi connectivity index (χ0) is 15.2. The molecule has 0 aromatic heterocycles. The van der Waals surface area contributed by atoms with Gasteiger partial charge in [0.1, 0.15) is 0 Å². The van der Waals surface area contributed by atoms with E-state index in [1.165, 1.54) is 0 Å². The van der Waals surface area contributed by atoms with Crippen molar-refractivity contribution in [2.75, 3.05) is 6.54 Å². The molecule has 120 valence electrons. The standard InChI is InChI=1S/C14H24F5N/c1-2-10-20-12(4-3-7-14(17,18)19)11-5-8-13(15,16)9-6-11/h11-12,20H,2-10H2,1H3. The summed E-state index contributed by atoms with van der Waals surface area (Å²) in [4.78, 5) is 0. The second kappa shape index (κ2) is 7.57. The molecule has 0 aromatic carbocycles. The lowest BCUT2D eigenvalue weighted by molar-refractivity contribution is -0.136. The average Bonchev–Trinajstić information content (AvgIpc) is 2.32. The van der Waals surface area contributed by atoms with Crippen LogP contribution in [0.5, 0.6) is 0 Å². The van der Waals surface area contributed by atoms with Gasteiger partial charge in [0.2, 0.25) is 5.92 Å². The molecule has 1 fully saturated rings. The van der Waals surface area contributed by atoms with Gasteiger partial charge in [0.05, 0.1) is 0 Å². The fourth-order valence-corrected chi connectivity index (χ4v) is 2.82. The second-order valence-electron chi connectivity index (χ2n) is 5.76. The summed E-state index contributed by atoms with van der Waals surface area (Å²) >= 11 is 0. The molecule has 1 aliphatic carbocycles. The zero-order valence-electron chi connectivity index (χ0n) is 11.9. The predicted octanol–water partition coefficient (Wildman–Crippen LogP) is 4.91. The van der Waals surface area contributed by atoms with Crippen molar-refractivity contribution in [2.24, 2.45) is 5.92 Å². The van der Waals surface area contributed by atoms with Crippen LogP contribution in [0.4, 0.5) is 22.0 Å². The number of nitrogens with one attached hydrogen (secondary N) is 1. The summed E-state index contributed by atoms with van der Waals surface area (Å²) in [5.41, 5.74) is 0. The molecule has 1 aliphatic rings. The lowest BCUT2D eigenvalue weighted by Crippen LogP contribution is -2.40. The van der Waals surface area contributed by atoms with Crippen LogP contribution in [-0.4, -0.2) is 24.7 Å². The van der Waals surface area contributed by atoms with Gasteiger partial charge in [-0.1, -0.05) is 6.92 Å². The largest absolute Gasteiger partial charge is 0.389 e. The minimum absolute atomic E-state index is 0.0617. The van der Waals surface area contributed by atoms with E-state index in [1.807, 2.05) is 6.92 Å². The Hall–Kier alpha value is -0.390. The van der Waals surface area contributed by atoms with E-state index in [0.29, 0.717) is 19.3 Å². The third-order valence-electron chi connectivity index (χ3n) is 3.96. The first-order valence-corrected chi connectivity index (χ1v) is 7.41. The van der Waals surface area contributed by atoms with Crippen molar-refractivity contribution in [3.63, 3.8) is 0 Å². The van der Waals surface area contributed by atoms with Crippen LogP contribution < -0.4 is 5.32 Å². The van der Waals surface area contributed by atoms with Gasteiger partial charge in [-0.15, -0.1) is 0 Å². The van der Waals surface area contributed by atoms with E-state index < -0.39 is 18.5 Å². The van der Waals surface area contributed by atoms with Crippen LogP contribution in [0.25, 0.3) is 0 Å². The number of halogens is 5. The Morgan fingerprint density at radius 2 is 1.80 bits per heavy atom. The van der Waals surface area contributed by atoms with Crippen molar-refractivity contribution < 1.29 is 22.0 Å². The molecule has 6 heteroatoms. The Balaban J connectivity index is 2.43. The van der Waals surface area contributed by atoms with Crippen LogP contribution in [0.15, 0.2) is 0 Å². The molecule has 0 amide bonds. The molecule has 0 aliphatic heterocycles. The predicted molar refractivity (Wildman–Crippen MR) is 68.9 cm³/mol. The van der Waals surface area contributed by atoms with E-state index in [2.05, 4.69) is 5.32 Å². The molecule has 1 atom stereocenters. The lowest BCUT2D eigenvalue weighted by atomic mass is 9.80. The van der Waals surface area contributed by atoms with Gasteiger partial charge in [-0.25, -0.2) is 8.78 Å². The molecule has 0 saturated heterocycles.